The van der Waals surface area contributed by atoms with E-state index in [0.717, 1.165) is 30.4 Å². The topological polar surface area (TPSA) is 56.2 Å². The number of aryl methyl sites for hydroxylation is 3. The molecule has 252 valence electrons. The summed E-state index contributed by atoms with van der Waals surface area (Å²) in [6.45, 7) is 27.0. The Morgan fingerprint density at radius 1 is 0.738 bits per heavy atom. The van der Waals surface area contributed by atoms with Gasteiger partial charge in [0.25, 0.3) is 0 Å². The van der Waals surface area contributed by atoms with E-state index in [1.807, 2.05) is 6.92 Å². The molecule has 42 heavy (non-hydrogen) atoms. The van der Waals surface area contributed by atoms with Crippen LogP contribution >= 0.6 is 12.6 Å². The molecular formula is C38H77NO2S. The molecule has 0 radical (unpaired) electrons. The first-order valence-electron chi connectivity index (χ1n) is 14.8. The number of aliphatic hydroxyl groups is 2. The zero-order valence-electron chi connectivity index (χ0n) is 27.8. The van der Waals surface area contributed by atoms with Crippen molar-refractivity contribution in [3.63, 3.8) is 0 Å². The van der Waals surface area contributed by atoms with Crippen LogP contribution in [0.25, 0.3) is 10.9 Å². The molecule has 0 fully saturated rings. The maximum Gasteiger partial charge on any atom is 0.0483 e. The van der Waals surface area contributed by atoms with Crippen molar-refractivity contribution >= 4 is 23.5 Å². The van der Waals surface area contributed by atoms with Gasteiger partial charge in [0.2, 0.25) is 0 Å². The van der Waals surface area contributed by atoms with E-state index in [4.69, 9.17) is 10.2 Å². The van der Waals surface area contributed by atoms with Crippen LogP contribution in [0.3, 0.4) is 0 Å². The number of para-hydroxylation sites is 1. The van der Waals surface area contributed by atoms with Crippen LogP contribution in [-0.4, -0.2) is 33.7 Å². The molecule has 0 aliphatic rings. The highest BCUT2D eigenvalue weighted by Crippen LogP contribution is 2.17. The minimum Gasteiger partial charge on any atom is -0.397 e. The first-order chi connectivity index (χ1) is 18.3. The average molecular weight is 612 g/mol. The third-order valence-corrected chi connectivity index (χ3v) is 4.40. The number of hydrogen-bond donors (Lipinski definition) is 4. The second-order valence-corrected chi connectivity index (χ2v) is 10.9. The number of benzene rings is 2. The number of fused-ring (bicyclic) bond motifs is 1. The highest BCUT2D eigenvalue weighted by molar-refractivity contribution is 7.80. The lowest BCUT2D eigenvalue weighted by Crippen LogP contribution is -1.85. The Kier molecular flexibility index (Phi) is 55.3. The Morgan fingerprint density at radius 3 is 1.40 bits per heavy atom. The lowest BCUT2D eigenvalue weighted by Gasteiger charge is -1.94. The molecule has 0 saturated heterocycles. The molecule has 0 atom stereocenters. The number of aromatic nitrogens is 1. The van der Waals surface area contributed by atoms with Crippen LogP contribution < -0.4 is 0 Å². The van der Waals surface area contributed by atoms with E-state index in [9.17, 15) is 0 Å². The second kappa shape index (κ2) is 41.4. The van der Waals surface area contributed by atoms with Crippen LogP contribution in [0.1, 0.15) is 128 Å². The fourth-order valence-electron chi connectivity index (χ4n) is 2.25. The Balaban J connectivity index is -0.0000000720. The smallest absolute Gasteiger partial charge is 0.0483 e. The zero-order valence-corrected chi connectivity index (χ0v) is 28.7. The van der Waals surface area contributed by atoms with Crippen molar-refractivity contribution in [3.05, 3.63) is 71.4 Å². The van der Waals surface area contributed by atoms with Gasteiger partial charge in [0.1, 0.15) is 0 Å². The number of rotatable bonds is 3. The molecule has 0 spiro atoms. The number of H-pyrrole nitrogens is 1. The van der Waals surface area contributed by atoms with Crippen LogP contribution in [0.15, 0.2) is 54.7 Å². The molecule has 0 bridgehead atoms. The van der Waals surface area contributed by atoms with Crippen molar-refractivity contribution in [3.8, 4) is 0 Å². The standard InChI is InChI=1S/C10H11N.C9H12.C5H12.C4H10.C3H8O.C2H6O.C2H6S.3CH4/c1-2-8-7-11-10-6-4-3-5-9(8)10;1-3-9-6-4-8(2)5-7-9;1-4-5(2)3;1-4(2)3;1-3(2)4;2*1-2-3;;;/h3-7,11H,2H2,1H3;4-7H,3H2,1-2H3;5H,4H2,1-3H3;4H,1-3H3;3-4H,1-2H3;2*3H,2H2,1H3;3*1H4. The molecule has 3 aromatic rings. The molecule has 3 rings (SSSR count). The lowest BCUT2D eigenvalue weighted by atomic mass is 10.1. The summed E-state index contributed by atoms with van der Waals surface area (Å²) in [6.07, 6.45) is 5.47. The van der Waals surface area contributed by atoms with E-state index in [-0.39, 0.29) is 35.0 Å². The minimum atomic E-state index is -0.167. The van der Waals surface area contributed by atoms with Gasteiger partial charge in [-0.3, -0.25) is 0 Å². The maximum absolute atomic E-state index is 8.06. The van der Waals surface area contributed by atoms with E-state index in [1.165, 1.54) is 34.0 Å². The summed E-state index contributed by atoms with van der Waals surface area (Å²) in [4.78, 5) is 3.24. The summed E-state index contributed by atoms with van der Waals surface area (Å²) in [5, 5.41) is 17.0. The number of hydrogen-bond acceptors (Lipinski definition) is 3. The molecular weight excluding hydrogens is 534 g/mol. The van der Waals surface area contributed by atoms with Gasteiger partial charge in [-0.1, -0.05) is 139 Å². The molecule has 4 heteroatoms. The van der Waals surface area contributed by atoms with Gasteiger partial charge in [-0.25, -0.2) is 0 Å². The van der Waals surface area contributed by atoms with Gasteiger partial charge >= 0.3 is 0 Å². The Labute approximate surface area is 271 Å². The number of aliphatic hydroxyl groups excluding tert-OH is 2. The summed E-state index contributed by atoms with van der Waals surface area (Å²) in [5.41, 5.74) is 5.40. The average Bonchev–Trinajstić information content (AvgIpc) is 3.29. The lowest BCUT2D eigenvalue weighted by molar-refractivity contribution is 0.216. The Morgan fingerprint density at radius 2 is 1.10 bits per heavy atom. The maximum atomic E-state index is 8.06. The summed E-state index contributed by atoms with van der Waals surface area (Å²) in [7, 11) is 0. The molecule has 0 aliphatic carbocycles. The van der Waals surface area contributed by atoms with E-state index >= 15 is 0 Å². The van der Waals surface area contributed by atoms with Crippen molar-refractivity contribution in [2.24, 2.45) is 11.8 Å². The van der Waals surface area contributed by atoms with Crippen molar-refractivity contribution in [1.82, 2.24) is 4.98 Å². The molecule has 0 aliphatic heterocycles. The highest BCUT2D eigenvalue weighted by atomic mass is 32.1. The first-order valence-corrected chi connectivity index (χ1v) is 15.4. The van der Waals surface area contributed by atoms with Crippen LogP contribution in [0.4, 0.5) is 0 Å². The SMILES string of the molecule is C.C.C.CC(C)C.CC(C)O.CCC(C)C.CCO.CCS.CCc1c[nH]c2ccccc12.CCc1ccc(C)cc1. The van der Waals surface area contributed by atoms with Gasteiger partial charge in [-0.2, -0.15) is 12.6 Å². The summed E-state index contributed by atoms with van der Waals surface area (Å²) < 4.78 is 0. The summed E-state index contributed by atoms with van der Waals surface area (Å²) >= 11 is 3.79. The molecule has 1 aromatic heterocycles. The molecule has 2 aromatic carbocycles. The normalized spacial score (nSPS) is 8.55. The van der Waals surface area contributed by atoms with E-state index in [1.54, 1.807) is 20.8 Å². The van der Waals surface area contributed by atoms with Crippen LogP contribution in [-0.2, 0) is 12.8 Å². The van der Waals surface area contributed by atoms with Crippen molar-refractivity contribution in [2.75, 3.05) is 12.4 Å². The van der Waals surface area contributed by atoms with Gasteiger partial charge < -0.3 is 15.2 Å². The minimum absolute atomic E-state index is 0. The first kappa shape index (κ1) is 56.1. The molecule has 3 N–H and O–H groups in total. The third-order valence-electron chi connectivity index (χ3n) is 4.40. The van der Waals surface area contributed by atoms with Crippen LogP contribution in [0, 0.1) is 18.8 Å². The second-order valence-electron chi connectivity index (χ2n) is 10.3. The van der Waals surface area contributed by atoms with E-state index in [2.05, 4.69) is 135 Å². The predicted octanol–water partition coefficient (Wildman–Crippen LogP) is 12.2. The molecule has 1 heterocycles. The van der Waals surface area contributed by atoms with Gasteiger partial charge in [-0.15, -0.1) is 0 Å². The molecule has 0 unspecified atom stereocenters. The molecule has 0 amide bonds. The van der Waals surface area contributed by atoms with Crippen molar-refractivity contribution in [1.29, 1.82) is 0 Å². The van der Waals surface area contributed by atoms with Gasteiger partial charge in [0.15, 0.2) is 0 Å². The number of thiol groups is 1. The zero-order chi connectivity index (χ0) is 31.2. The van der Waals surface area contributed by atoms with Gasteiger partial charge in [0, 0.05) is 29.8 Å². The van der Waals surface area contributed by atoms with Crippen LogP contribution in [0.5, 0.6) is 0 Å². The van der Waals surface area contributed by atoms with E-state index in [0.29, 0.717) is 0 Å². The predicted molar refractivity (Wildman–Crippen MR) is 204 cm³/mol. The number of nitrogens with one attached hydrogen (secondary N) is 1. The fourth-order valence-corrected chi connectivity index (χ4v) is 2.25. The highest BCUT2D eigenvalue weighted by Gasteiger charge is 1.98. The van der Waals surface area contributed by atoms with Gasteiger partial charge in [-0.05, 0) is 75.3 Å². The van der Waals surface area contributed by atoms with Crippen LogP contribution in [0.2, 0.25) is 0 Å². The summed E-state index contributed by atoms with van der Waals surface area (Å²) in [5.74, 6) is 2.66. The quantitative estimate of drug-likeness (QED) is 0.223. The van der Waals surface area contributed by atoms with Gasteiger partial charge in [0.05, 0.1) is 0 Å². The van der Waals surface area contributed by atoms with E-state index < -0.39 is 0 Å². The Hall–Kier alpha value is -1.75. The van der Waals surface area contributed by atoms with Crippen molar-refractivity contribution < 1.29 is 10.2 Å². The largest absolute Gasteiger partial charge is 0.397 e. The number of aromatic amines is 1. The molecule has 0 saturated carbocycles. The Bertz CT molecular complexity index is 826. The van der Waals surface area contributed by atoms with Crippen molar-refractivity contribution in [2.45, 2.75) is 138 Å². The molecule has 3 nitrogen and oxygen atoms in total. The third kappa shape index (κ3) is 45.2. The monoisotopic (exact) mass is 612 g/mol. The fraction of sp³-hybridized carbons (Fsp3) is 0.632. The summed E-state index contributed by atoms with van der Waals surface area (Å²) in [6, 6.07) is 17.1.